The lowest BCUT2D eigenvalue weighted by Crippen LogP contribution is -2.53. The van der Waals surface area contributed by atoms with Crippen molar-refractivity contribution in [3.05, 3.63) is 46.1 Å². The third kappa shape index (κ3) is 3.46. The number of carbonyl (C=O) groups is 1. The number of azide groups is 1. The lowest BCUT2D eigenvalue weighted by Gasteiger charge is -2.31. The van der Waals surface area contributed by atoms with Gasteiger partial charge in [0.25, 0.3) is 0 Å². The standard InChI is InChI=1S/C13H18FN5O/c1-2-13(12(15)20,17-8-5-9-18-19-16)10-6-3-4-7-11(10)14/h3-4,6-7,17H,2,5,8-9H2,1H3,(H2,15,20). The minimum absolute atomic E-state index is 0.235. The van der Waals surface area contributed by atoms with Gasteiger partial charge < -0.3 is 5.73 Å². The normalized spacial score (nSPS) is 13.3. The maximum Gasteiger partial charge on any atom is 0.242 e. The van der Waals surface area contributed by atoms with Gasteiger partial charge in [0.1, 0.15) is 11.4 Å². The maximum absolute atomic E-state index is 13.9. The van der Waals surface area contributed by atoms with Crippen molar-refractivity contribution < 1.29 is 9.18 Å². The van der Waals surface area contributed by atoms with E-state index in [2.05, 4.69) is 15.3 Å². The molecular weight excluding hydrogens is 261 g/mol. The van der Waals surface area contributed by atoms with Crippen LogP contribution in [0.5, 0.6) is 0 Å². The molecule has 1 aromatic carbocycles. The number of nitrogens with zero attached hydrogens (tertiary/aromatic N) is 3. The van der Waals surface area contributed by atoms with Gasteiger partial charge in [-0.05, 0) is 31.0 Å². The van der Waals surface area contributed by atoms with Crippen molar-refractivity contribution in [3.8, 4) is 0 Å². The largest absolute Gasteiger partial charge is 0.368 e. The Morgan fingerprint density at radius 1 is 1.55 bits per heavy atom. The number of nitrogens with two attached hydrogens (primary N) is 1. The monoisotopic (exact) mass is 279 g/mol. The van der Waals surface area contributed by atoms with Crippen LogP contribution in [0.1, 0.15) is 25.3 Å². The number of benzene rings is 1. The summed E-state index contributed by atoms with van der Waals surface area (Å²) in [5.41, 5.74) is 12.6. The molecule has 1 atom stereocenters. The Balaban J connectivity index is 2.95. The zero-order valence-corrected chi connectivity index (χ0v) is 11.3. The lowest BCUT2D eigenvalue weighted by atomic mass is 9.86. The zero-order chi connectivity index (χ0) is 15.0. The summed E-state index contributed by atoms with van der Waals surface area (Å²) in [7, 11) is 0. The van der Waals surface area contributed by atoms with Gasteiger partial charge in [0, 0.05) is 17.0 Å². The van der Waals surface area contributed by atoms with Crippen LogP contribution in [0.4, 0.5) is 4.39 Å². The second-order valence-electron chi connectivity index (χ2n) is 4.34. The number of rotatable bonds is 8. The summed E-state index contributed by atoms with van der Waals surface area (Å²) in [6.07, 6.45) is 0.859. The van der Waals surface area contributed by atoms with Crippen molar-refractivity contribution in [2.45, 2.75) is 25.3 Å². The third-order valence-electron chi connectivity index (χ3n) is 3.21. The summed E-state index contributed by atoms with van der Waals surface area (Å²) in [6.45, 7) is 2.46. The molecule has 6 nitrogen and oxygen atoms in total. The van der Waals surface area contributed by atoms with E-state index in [1.165, 1.54) is 6.07 Å². The highest BCUT2D eigenvalue weighted by molar-refractivity contribution is 5.86. The highest BCUT2D eigenvalue weighted by atomic mass is 19.1. The van der Waals surface area contributed by atoms with Gasteiger partial charge in [-0.15, -0.1) is 0 Å². The lowest BCUT2D eigenvalue weighted by molar-refractivity contribution is -0.125. The maximum atomic E-state index is 13.9. The second kappa shape index (κ2) is 7.47. The van der Waals surface area contributed by atoms with E-state index in [1.54, 1.807) is 25.1 Å². The molecule has 0 radical (unpaired) electrons. The molecule has 0 saturated carbocycles. The highest BCUT2D eigenvalue weighted by Crippen LogP contribution is 2.27. The van der Waals surface area contributed by atoms with Crippen LogP contribution < -0.4 is 11.1 Å². The summed E-state index contributed by atoms with van der Waals surface area (Å²) in [4.78, 5) is 14.5. The van der Waals surface area contributed by atoms with Crippen molar-refractivity contribution in [1.29, 1.82) is 0 Å². The summed E-state index contributed by atoms with van der Waals surface area (Å²) < 4.78 is 13.9. The Labute approximate surface area is 116 Å². The fourth-order valence-electron chi connectivity index (χ4n) is 2.11. The molecule has 0 saturated heterocycles. The Hall–Kier alpha value is -2.11. The SMILES string of the molecule is CCC(NCCCN=[N+]=[N-])(C(N)=O)c1ccccc1F. The van der Waals surface area contributed by atoms with Gasteiger partial charge in [-0.3, -0.25) is 10.1 Å². The van der Waals surface area contributed by atoms with Crippen molar-refractivity contribution in [3.63, 3.8) is 0 Å². The van der Waals surface area contributed by atoms with Crippen LogP contribution in [0.15, 0.2) is 29.4 Å². The van der Waals surface area contributed by atoms with E-state index in [4.69, 9.17) is 11.3 Å². The molecule has 1 rings (SSSR count). The topological polar surface area (TPSA) is 104 Å². The van der Waals surface area contributed by atoms with Gasteiger partial charge in [-0.25, -0.2) is 4.39 Å². The molecule has 3 N–H and O–H groups in total. The van der Waals surface area contributed by atoms with E-state index in [9.17, 15) is 9.18 Å². The number of hydrogen-bond acceptors (Lipinski definition) is 3. The van der Waals surface area contributed by atoms with Gasteiger partial charge in [0.15, 0.2) is 0 Å². The summed E-state index contributed by atoms with van der Waals surface area (Å²) in [6, 6.07) is 6.06. The molecule has 0 fully saturated rings. The number of halogens is 1. The van der Waals surface area contributed by atoms with E-state index in [-0.39, 0.29) is 5.56 Å². The summed E-state index contributed by atoms with van der Waals surface area (Å²) >= 11 is 0. The average molecular weight is 279 g/mol. The number of amides is 1. The van der Waals surface area contributed by atoms with Gasteiger partial charge in [-0.1, -0.05) is 30.2 Å². The fraction of sp³-hybridized carbons (Fsp3) is 0.462. The van der Waals surface area contributed by atoms with E-state index >= 15 is 0 Å². The molecule has 20 heavy (non-hydrogen) atoms. The molecule has 0 aromatic heterocycles. The van der Waals surface area contributed by atoms with Crippen LogP contribution in [0, 0.1) is 5.82 Å². The Morgan fingerprint density at radius 3 is 2.80 bits per heavy atom. The van der Waals surface area contributed by atoms with Gasteiger partial charge >= 0.3 is 0 Å². The first-order chi connectivity index (χ1) is 9.58. The van der Waals surface area contributed by atoms with Crippen LogP contribution in [0.3, 0.4) is 0 Å². The molecular formula is C13H18FN5O. The quantitative estimate of drug-likeness (QED) is 0.329. The van der Waals surface area contributed by atoms with Crippen molar-refractivity contribution in [2.24, 2.45) is 10.8 Å². The first-order valence-electron chi connectivity index (χ1n) is 6.39. The number of hydrogen-bond donors (Lipinski definition) is 2. The molecule has 7 heteroatoms. The minimum atomic E-state index is -1.25. The average Bonchev–Trinajstić information content (AvgIpc) is 2.44. The first kappa shape index (κ1) is 15.9. The molecule has 0 bridgehead atoms. The number of carbonyl (C=O) groups excluding carboxylic acids is 1. The molecule has 0 aliphatic rings. The Bertz CT molecular complexity index is 515. The van der Waals surface area contributed by atoms with E-state index in [0.717, 1.165) is 0 Å². The van der Waals surface area contributed by atoms with Crippen LogP contribution in [-0.4, -0.2) is 19.0 Å². The van der Waals surface area contributed by atoms with Crippen molar-refractivity contribution in [1.82, 2.24) is 5.32 Å². The van der Waals surface area contributed by atoms with E-state index in [0.29, 0.717) is 25.9 Å². The number of nitrogens with one attached hydrogen (secondary N) is 1. The van der Waals surface area contributed by atoms with E-state index in [1.807, 2.05) is 0 Å². The van der Waals surface area contributed by atoms with Gasteiger partial charge in [0.05, 0.1) is 0 Å². The molecule has 1 unspecified atom stereocenters. The predicted octanol–water partition coefficient (Wildman–Crippen LogP) is 2.21. The van der Waals surface area contributed by atoms with Crippen LogP contribution in [0.25, 0.3) is 10.4 Å². The van der Waals surface area contributed by atoms with Gasteiger partial charge in [0.2, 0.25) is 5.91 Å². The van der Waals surface area contributed by atoms with E-state index < -0.39 is 17.3 Å². The minimum Gasteiger partial charge on any atom is -0.368 e. The molecule has 0 spiro atoms. The molecule has 1 aromatic rings. The molecule has 1 amide bonds. The van der Waals surface area contributed by atoms with Crippen LogP contribution in [0.2, 0.25) is 0 Å². The molecule has 0 aliphatic carbocycles. The third-order valence-corrected chi connectivity index (χ3v) is 3.21. The molecule has 0 heterocycles. The number of primary amides is 1. The Morgan fingerprint density at radius 2 is 2.25 bits per heavy atom. The van der Waals surface area contributed by atoms with Crippen molar-refractivity contribution >= 4 is 5.91 Å². The predicted molar refractivity (Wildman–Crippen MR) is 74.2 cm³/mol. The highest BCUT2D eigenvalue weighted by Gasteiger charge is 2.38. The Kier molecular flexibility index (Phi) is 5.96. The fourth-order valence-corrected chi connectivity index (χ4v) is 2.11. The first-order valence-corrected chi connectivity index (χ1v) is 6.39. The summed E-state index contributed by atoms with van der Waals surface area (Å²) in [5, 5.41) is 6.40. The second-order valence-corrected chi connectivity index (χ2v) is 4.34. The van der Waals surface area contributed by atoms with Crippen molar-refractivity contribution in [2.75, 3.05) is 13.1 Å². The summed E-state index contributed by atoms with van der Waals surface area (Å²) in [5.74, 6) is -1.11. The molecule has 0 aliphatic heterocycles. The zero-order valence-electron chi connectivity index (χ0n) is 11.3. The van der Waals surface area contributed by atoms with Crippen LogP contribution >= 0.6 is 0 Å². The smallest absolute Gasteiger partial charge is 0.242 e. The molecule has 108 valence electrons. The van der Waals surface area contributed by atoms with Gasteiger partial charge in [-0.2, -0.15) is 0 Å². The van der Waals surface area contributed by atoms with Crippen LogP contribution in [-0.2, 0) is 10.3 Å².